The van der Waals surface area contributed by atoms with E-state index < -0.39 is 5.97 Å². The Morgan fingerprint density at radius 1 is 1.07 bits per heavy atom. The molecular formula is C24H30O5. The Morgan fingerprint density at radius 3 is 2.31 bits per heavy atom. The smallest absolute Gasteiger partial charge is 0.331 e. The van der Waals surface area contributed by atoms with Gasteiger partial charge in [0.05, 0.1) is 13.7 Å². The Balaban J connectivity index is 1.33. The van der Waals surface area contributed by atoms with Crippen LogP contribution < -0.4 is 9.47 Å². The first-order chi connectivity index (χ1) is 14.0. The van der Waals surface area contributed by atoms with Gasteiger partial charge >= 0.3 is 5.97 Å². The lowest BCUT2D eigenvalue weighted by molar-refractivity contribution is -0.155. The van der Waals surface area contributed by atoms with Crippen molar-refractivity contribution in [3.63, 3.8) is 0 Å². The van der Waals surface area contributed by atoms with E-state index in [1.807, 2.05) is 19.1 Å². The van der Waals surface area contributed by atoms with Crippen LogP contribution in [0.4, 0.5) is 0 Å². The lowest BCUT2D eigenvalue weighted by atomic mass is 9.48. The number of rotatable bonds is 8. The molecule has 0 heterocycles. The Bertz CT molecular complexity index is 774. The Hall–Kier alpha value is -2.30. The normalized spacial score (nSPS) is 29.8. The summed E-state index contributed by atoms with van der Waals surface area (Å²) in [4.78, 5) is 25.1. The number of ketones is 1. The molecule has 156 valence electrons. The molecule has 1 aromatic carbocycles. The average Bonchev–Trinajstić information content (AvgIpc) is 2.70. The van der Waals surface area contributed by atoms with E-state index in [4.69, 9.17) is 14.2 Å². The van der Waals surface area contributed by atoms with Crippen molar-refractivity contribution in [1.29, 1.82) is 0 Å². The van der Waals surface area contributed by atoms with Crippen molar-refractivity contribution in [3.8, 4) is 11.5 Å². The molecule has 0 N–H and O–H groups in total. The van der Waals surface area contributed by atoms with Crippen LogP contribution in [0.5, 0.6) is 11.5 Å². The van der Waals surface area contributed by atoms with E-state index in [-0.39, 0.29) is 17.8 Å². The fourth-order valence-electron chi connectivity index (χ4n) is 6.02. The van der Waals surface area contributed by atoms with E-state index in [9.17, 15) is 9.59 Å². The molecular weight excluding hydrogens is 368 g/mol. The monoisotopic (exact) mass is 398 g/mol. The second-order valence-corrected chi connectivity index (χ2v) is 8.91. The van der Waals surface area contributed by atoms with E-state index in [2.05, 4.69) is 0 Å². The van der Waals surface area contributed by atoms with E-state index in [1.54, 1.807) is 19.3 Å². The Kier molecular flexibility index (Phi) is 5.66. The first-order valence-electron chi connectivity index (χ1n) is 10.7. The van der Waals surface area contributed by atoms with Crippen LogP contribution in [0.1, 0.15) is 51.0 Å². The van der Waals surface area contributed by atoms with Crippen LogP contribution in [0, 0.1) is 23.2 Å². The second-order valence-electron chi connectivity index (χ2n) is 8.91. The molecule has 0 saturated heterocycles. The van der Waals surface area contributed by atoms with Gasteiger partial charge in [0.15, 0.2) is 23.9 Å². The molecule has 0 radical (unpaired) electrons. The summed E-state index contributed by atoms with van der Waals surface area (Å²) in [6.45, 7) is 2.32. The highest BCUT2D eigenvalue weighted by molar-refractivity contribution is 5.91. The van der Waals surface area contributed by atoms with Crippen molar-refractivity contribution < 1.29 is 23.8 Å². The average molecular weight is 398 g/mol. The van der Waals surface area contributed by atoms with E-state index in [0.29, 0.717) is 35.9 Å². The molecule has 4 saturated carbocycles. The highest BCUT2D eigenvalue weighted by Gasteiger charge is 2.54. The number of benzene rings is 1. The number of hydrogen-bond donors (Lipinski definition) is 0. The van der Waals surface area contributed by atoms with Gasteiger partial charge in [-0.2, -0.15) is 0 Å². The maximum Gasteiger partial charge on any atom is 0.331 e. The SMILES string of the molecule is CCOc1cc(/C=C/C(=O)OCC(=O)C23CC4CC(CC(C4)C2)C3)ccc1OC. The maximum absolute atomic E-state index is 12.9. The molecule has 0 atom stereocenters. The number of carbonyl (C=O) groups is 2. The van der Waals surface area contributed by atoms with Crippen molar-refractivity contribution in [3.05, 3.63) is 29.8 Å². The third-order valence-corrected chi connectivity index (χ3v) is 6.87. The minimum Gasteiger partial charge on any atom is -0.493 e. The van der Waals surface area contributed by atoms with Gasteiger partial charge in [0.2, 0.25) is 0 Å². The van der Waals surface area contributed by atoms with Crippen molar-refractivity contribution >= 4 is 17.8 Å². The molecule has 5 heteroatoms. The van der Waals surface area contributed by atoms with Gasteiger partial charge in [-0.15, -0.1) is 0 Å². The summed E-state index contributed by atoms with van der Waals surface area (Å²) in [6, 6.07) is 5.45. The number of carbonyl (C=O) groups excluding carboxylic acids is 2. The minimum absolute atomic E-state index is 0.109. The molecule has 4 bridgehead atoms. The quantitative estimate of drug-likeness (QED) is 0.479. The van der Waals surface area contributed by atoms with Crippen LogP contribution in [-0.4, -0.2) is 32.1 Å². The van der Waals surface area contributed by atoms with Gasteiger partial charge in [-0.05, 0) is 87.0 Å². The predicted octanol–water partition coefficient (Wildman–Crippen LogP) is 4.44. The zero-order chi connectivity index (χ0) is 20.4. The molecule has 4 aliphatic carbocycles. The molecule has 5 rings (SSSR count). The van der Waals surface area contributed by atoms with E-state index >= 15 is 0 Å². The third kappa shape index (κ3) is 4.19. The molecule has 0 aromatic heterocycles. The van der Waals surface area contributed by atoms with Gasteiger partial charge in [0.1, 0.15) is 0 Å². The molecule has 0 aliphatic heterocycles. The fourth-order valence-corrected chi connectivity index (χ4v) is 6.02. The van der Waals surface area contributed by atoms with Crippen LogP contribution in [-0.2, 0) is 14.3 Å². The number of hydrogen-bond acceptors (Lipinski definition) is 5. The van der Waals surface area contributed by atoms with Gasteiger partial charge < -0.3 is 14.2 Å². The summed E-state index contributed by atoms with van der Waals surface area (Å²) < 4.78 is 16.1. The van der Waals surface area contributed by atoms with Crippen molar-refractivity contribution in [2.24, 2.45) is 23.2 Å². The number of ether oxygens (including phenoxy) is 3. The van der Waals surface area contributed by atoms with Crippen LogP contribution >= 0.6 is 0 Å². The van der Waals surface area contributed by atoms with Crippen LogP contribution in [0.3, 0.4) is 0 Å². The summed E-state index contributed by atoms with van der Waals surface area (Å²) in [5.41, 5.74) is 0.583. The molecule has 1 aromatic rings. The topological polar surface area (TPSA) is 61.8 Å². The molecule has 0 unspecified atom stereocenters. The molecule has 4 aliphatic rings. The Morgan fingerprint density at radius 2 is 1.72 bits per heavy atom. The number of methoxy groups -OCH3 is 1. The number of Topliss-reactive ketones (excluding diaryl/α,β-unsaturated/α-hetero) is 1. The van der Waals surface area contributed by atoms with Crippen molar-refractivity contribution in [1.82, 2.24) is 0 Å². The van der Waals surface area contributed by atoms with E-state index in [0.717, 1.165) is 24.8 Å². The number of esters is 1. The van der Waals surface area contributed by atoms with Gasteiger partial charge in [0, 0.05) is 11.5 Å². The van der Waals surface area contributed by atoms with Crippen molar-refractivity contribution in [2.45, 2.75) is 45.4 Å². The zero-order valence-corrected chi connectivity index (χ0v) is 17.3. The molecule has 5 nitrogen and oxygen atoms in total. The molecule has 29 heavy (non-hydrogen) atoms. The lowest BCUT2D eigenvalue weighted by Gasteiger charge is -2.55. The summed E-state index contributed by atoms with van der Waals surface area (Å²) in [6.07, 6.45) is 9.90. The highest BCUT2D eigenvalue weighted by Crippen LogP contribution is 2.60. The van der Waals surface area contributed by atoms with Gasteiger partial charge in [0.25, 0.3) is 0 Å². The van der Waals surface area contributed by atoms with Crippen LogP contribution in [0.15, 0.2) is 24.3 Å². The first kappa shape index (κ1) is 20.0. The summed E-state index contributed by atoms with van der Waals surface area (Å²) in [5.74, 6) is 3.02. The highest BCUT2D eigenvalue weighted by atomic mass is 16.5. The molecule has 0 spiro atoms. The second kappa shape index (κ2) is 8.21. The summed E-state index contributed by atoms with van der Waals surface area (Å²) >= 11 is 0. The Labute approximate surface area is 172 Å². The largest absolute Gasteiger partial charge is 0.493 e. The summed E-state index contributed by atoms with van der Waals surface area (Å²) in [5, 5.41) is 0. The zero-order valence-electron chi connectivity index (χ0n) is 17.3. The van der Waals surface area contributed by atoms with E-state index in [1.165, 1.54) is 25.3 Å². The van der Waals surface area contributed by atoms with Crippen LogP contribution in [0.2, 0.25) is 0 Å². The fraction of sp³-hybridized carbons (Fsp3) is 0.583. The third-order valence-electron chi connectivity index (χ3n) is 6.87. The molecule has 0 amide bonds. The minimum atomic E-state index is -0.489. The summed E-state index contributed by atoms with van der Waals surface area (Å²) in [7, 11) is 1.59. The predicted molar refractivity (Wildman–Crippen MR) is 110 cm³/mol. The van der Waals surface area contributed by atoms with Crippen molar-refractivity contribution in [2.75, 3.05) is 20.3 Å². The maximum atomic E-state index is 12.9. The first-order valence-corrected chi connectivity index (χ1v) is 10.7. The lowest BCUT2D eigenvalue weighted by Crippen LogP contribution is -2.51. The van der Waals surface area contributed by atoms with Gasteiger partial charge in [-0.25, -0.2) is 4.79 Å². The molecule has 4 fully saturated rings. The van der Waals surface area contributed by atoms with Gasteiger partial charge in [-0.1, -0.05) is 6.07 Å². The standard InChI is InChI=1S/C24H30O5/c1-3-28-21-11-16(4-6-20(21)27-2)5-7-23(26)29-15-22(25)24-12-17-8-18(13-24)10-19(9-17)14-24/h4-7,11,17-19H,3,8-10,12-15H2,1-2H3/b7-5+. The van der Waals surface area contributed by atoms with Gasteiger partial charge in [-0.3, -0.25) is 4.79 Å². The van der Waals surface area contributed by atoms with Crippen LogP contribution in [0.25, 0.3) is 6.08 Å².